The number of carbonyl (C=O) groups is 2. The number of hydrogen-bond donors (Lipinski definition) is 2. The first-order chi connectivity index (χ1) is 18.5. The average Bonchev–Trinajstić information content (AvgIpc) is 3.35. The van der Waals surface area contributed by atoms with Gasteiger partial charge in [-0.15, -0.1) is 0 Å². The number of H-pyrrole nitrogens is 1. The van der Waals surface area contributed by atoms with Gasteiger partial charge in [-0.25, -0.2) is 0 Å². The summed E-state index contributed by atoms with van der Waals surface area (Å²) in [5.74, 6) is 0.299. The van der Waals surface area contributed by atoms with Crippen LogP contribution in [0, 0.1) is 0 Å². The molecule has 7 heteroatoms. The van der Waals surface area contributed by atoms with Crippen molar-refractivity contribution in [1.82, 2.24) is 10.3 Å². The van der Waals surface area contributed by atoms with Crippen LogP contribution in [-0.2, 0) is 16.0 Å². The molecule has 196 valence electrons. The van der Waals surface area contributed by atoms with Crippen LogP contribution in [0.25, 0.3) is 10.9 Å². The van der Waals surface area contributed by atoms with Crippen molar-refractivity contribution in [3.8, 4) is 5.75 Å². The van der Waals surface area contributed by atoms with E-state index in [1.165, 1.54) is 6.42 Å². The van der Waals surface area contributed by atoms with Crippen molar-refractivity contribution in [1.29, 1.82) is 0 Å². The molecular formula is C31H32ClN3O3. The van der Waals surface area contributed by atoms with Crippen molar-refractivity contribution in [3.63, 3.8) is 0 Å². The molecule has 0 saturated heterocycles. The third kappa shape index (κ3) is 5.70. The Morgan fingerprint density at radius 3 is 2.42 bits per heavy atom. The average molecular weight is 530 g/mol. The Labute approximate surface area is 227 Å². The second kappa shape index (κ2) is 11.7. The van der Waals surface area contributed by atoms with E-state index in [-0.39, 0.29) is 24.3 Å². The summed E-state index contributed by atoms with van der Waals surface area (Å²) in [7, 11) is 1.60. The third-order valence-electron chi connectivity index (χ3n) is 7.28. The molecule has 0 bridgehead atoms. The Morgan fingerprint density at radius 2 is 1.71 bits per heavy atom. The number of ether oxygens (including phenoxy) is 1. The molecule has 0 aliphatic heterocycles. The lowest BCUT2D eigenvalue weighted by Crippen LogP contribution is -2.47. The monoisotopic (exact) mass is 529 g/mol. The van der Waals surface area contributed by atoms with E-state index in [9.17, 15) is 9.59 Å². The predicted molar refractivity (Wildman–Crippen MR) is 152 cm³/mol. The molecule has 3 aromatic carbocycles. The highest BCUT2D eigenvalue weighted by atomic mass is 35.5. The number of para-hydroxylation sites is 1. The van der Waals surface area contributed by atoms with Crippen molar-refractivity contribution in [2.45, 2.75) is 50.6 Å². The molecule has 0 radical (unpaired) electrons. The Kier molecular flexibility index (Phi) is 7.99. The Hall–Kier alpha value is -3.77. The topological polar surface area (TPSA) is 74.4 Å². The van der Waals surface area contributed by atoms with Gasteiger partial charge in [-0.3, -0.25) is 14.5 Å². The molecule has 1 fully saturated rings. The van der Waals surface area contributed by atoms with E-state index >= 15 is 0 Å². The van der Waals surface area contributed by atoms with Crippen LogP contribution in [0.15, 0.2) is 79.0 Å². The van der Waals surface area contributed by atoms with Gasteiger partial charge in [-0.1, -0.05) is 61.2 Å². The van der Waals surface area contributed by atoms with Crippen LogP contribution in [0.3, 0.4) is 0 Å². The number of aromatic nitrogens is 1. The minimum Gasteiger partial charge on any atom is -0.497 e. The highest BCUT2D eigenvalue weighted by Crippen LogP contribution is 2.32. The van der Waals surface area contributed by atoms with Crippen LogP contribution in [0.2, 0.25) is 5.02 Å². The SMILES string of the molecule is COc1ccc(N(C(=O)Cc2c[nH]c3ccccc23)C(C(=O)NC2CCCCC2)c2ccc(Cl)cc2)cc1. The number of nitrogens with one attached hydrogen (secondary N) is 2. The van der Waals surface area contributed by atoms with Crippen LogP contribution < -0.4 is 15.0 Å². The summed E-state index contributed by atoms with van der Waals surface area (Å²) in [5, 5.41) is 4.81. The molecule has 1 aliphatic rings. The minimum absolute atomic E-state index is 0.104. The van der Waals surface area contributed by atoms with E-state index in [1.54, 1.807) is 36.3 Å². The first kappa shape index (κ1) is 25.9. The summed E-state index contributed by atoms with van der Waals surface area (Å²) in [5.41, 5.74) is 3.17. The van der Waals surface area contributed by atoms with Gasteiger partial charge in [-0.2, -0.15) is 0 Å². The lowest BCUT2D eigenvalue weighted by molar-refractivity contribution is -0.127. The summed E-state index contributed by atoms with van der Waals surface area (Å²) < 4.78 is 5.35. The molecule has 2 N–H and O–H groups in total. The number of hydrogen-bond acceptors (Lipinski definition) is 3. The number of methoxy groups -OCH3 is 1. The fraction of sp³-hybridized carbons (Fsp3) is 0.290. The number of rotatable bonds is 8. The predicted octanol–water partition coefficient (Wildman–Crippen LogP) is 6.60. The van der Waals surface area contributed by atoms with Gasteiger partial charge < -0.3 is 15.0 Å². The van der Waals surface area contributed by atoms with E-state index in [2.05, 4.69) is 10.3 Å². The van der Waals surface area contributed by atoms with Gasteiger partial charge in [0.15, 0.2) is 0 Å². The first-order valence-electron chi connectivity index (χ1n) is 13.1. The number of benzene rings is 3. The van der Waals surface area contributed by atoms with E-state index < -0.39 is 6.04 Å². The zero-order valence-corrected chi connectivity index (χ0v) is 22.2. The van der Waals surface area contributed by atoms with E-state index in [4.69, 9.17) is 16.3 Å². The van der Waals surface area contributed by atoms with Crippen LogP contribution in [-0.4, -0.2) is 29.9 Å². The summed E-state index contributed by atoms with van der Waals surface area (Å²) in [6.07, 6.45) is 7.28. The summed E-state index contributed by atoms with van der Waals surface area (Å²) in [6.45, 7) is 0. The van der Waals surface area contributed by atoms with Gasteiger partial charge in [0.1, 0.15) is 11.8 Å². The lowest BCUT2D eigenvalue weighted by atomic mass is 9.94. The van der Waals surface area contributed by atoms with Gasteiger partial charge >= 0.3 is 0 Å². The molecule has 5 rings (SSSR count). The highest BCUT2D eigenvalue weighted by molar-refractivity contribution is 6.30. The van der Waals surface area contributed by atoms with Crippen molar-refractivity contribution in [2.24, 2.45) is 0 Å². The molecule has 1 atom stereocenters. The zero-order chi connectivity index (χ0) is 26.5. The van der Waals surface area contributed by atoms with Crippen LogP contribution >= 0.6 is 11.6 Å². The molecule has 38 heavy (non-hydrogen) atoms. The number of carbonyl (C=O) groups excluding carboxylic acids is 2. The number of nitrogens with zero attached hydrogens (tertiary/aromatic N) is 1. The van der Waals surface area contributed by atoms with E-state index in [0.29, 0.717) is 22.0 Å². The lowest BCUT2D eigenvalue weighted by Gasteiger charge is -2.33. The fourth-order valence-electron chi connectivity index (χ4n) is 5.30. The Balaban J connectivity index is 1.55. The molecular weight excluding hydrogens is 498 g/mol. The van der Waals surface area contributed by atoms with Gasteiger partial charge in [0, 0.05) is 33.9 Å². The van der Waals surface area contributed by atoms with Crippen LogP contribution in [0.5, 0.6) is 5.75 Å². The summed E-state index contributed by atoms with van der Waals surface area (Å²) in [4.78, 5) is 33.0. The largest absolute Gasteiger partial charge is 0.497 e. The van der Waals surface area contributed by atoms with Crippen molar-refractivity contribution in [3.05, 3.63) is 95.1 Å². The molecule has 2 amide bonds. The van der Waals surface area contributed by atoms with Crippen molar-refractivity contribution >= 4 is 40.0 Å². The molecule has 1 heterocycles. The van der Waals surface area contributed by atoms with Crippen molar-refractivity contribution in [2.75, 3.05) is 12.0 Å². The number of aromatic amines is 1. The Bertz CT molecular complexity index is 1390. The maximum atomic E-state index is 14.2. The number of fused-ring (bicyclic) bond motifs is 1. The molecule has 4 aromatic rings. The maximum Gasteiger partial charge on any atom is 0.248 e. The molecule has 1 aromatic heterocycles. The standard InChI is InChI=1S/C31H32ClN3O3/c1-38-26-17-15-25(16-18-26)35(29(36)19-22-20-33-28-10-6-5-9-27(22)28)30(21-11-13-23(32)14-12-21)31(37)34-24-7-3-2-4-8-24/h5-6,9-18,20,24,30,33H,2-4,7-8,19H2,1H3,(H,34,37). The number of amides is 2. The van der Waals surface area contributed by atoms with Gasteiger partial charge in [0.05, 0.1) is 13.5 Å². The quantitative estimate of drug-likeness (QED) is 0.270. The van der Waals surface area contributed by atoms with Crippen molar-refractivity contribution < 1.29 is 14.3 Å². The normalized spacial score (nSPS) is 14.7. The zero-order valence-electron chi connectivity index (χ0n) is 21.5. The molecule has 1 unspecified atom stereocenters. The molecule has 0 spiro atoms. The molecule has 1 saturated carbocycles. The Morgan fingerprint density at radius 1 is 1.00 bits per heavy atom. The molecule has 1 aliphatic carbocycles. The first-order valence-corrected chi connectivity index (χ1v) is 13.5. The van der Waals surface area contributed by atoms with Crippen LogP contribution in [0.1, 0.15) is 49.3 Å². The van der Waals surface area contributed by atoms with Gasteiger partial charge in [0.2, 0.25) is 11.8 Å². The number of anilines is 1. The molecule has 6 nitrogen and oxygen atoms in total. The second-order valence-corrected chi connectivity index (χ2v) is 10.2. The van der Waals surface area contributed by atoms with E-state index in [1.807, 2.05) is 54.7 Å². The van der Waals surface area contributed by atoms with E-state index in [0.717, 1.165) is 42.1 Å². The summed E-state index contributed by atoms with van der Waals surface area (Å²) >= 11 is 6.20. The fourth-order valence-corrected chi connectivity index (χ4v) is 5.42. The minimum atomic E-state index is -0.861. The second-order valence-electron chi connectivity index (χ2n) is 9.80. The van der Waals surface area contributed by atoms with Crippen LogP contribution in [0.4, 0.5) is 5.69 Å². The maximum absolute atomic E-state index is 14.2. The summed E-state index contributed by atoms with van der Waals surface area (Å²) in [6, 6.07) is 21.6. The smallest absolute Gasteiger partial charge is 0.248 e. The van der Waals surface area contributed by atoms with Gasteiger partial charge in [0.25, 0.3) is 0 Å². The van der Waals surface area contributed by atoms with Gasteiger partial charge in [-0.05, 0) is 66.4 Å². The highest BCUT2D eigenvalue weighted by Gasteiger charge is 2.34. The number of halogens is 1. The third-order valence-corrected chi connectivity index (χ3v) is 7.53.